The van der Waals surface area contributed by atoms with Gasteiger partial charge >= 0.3 is 5.97 Å². The maximum Gasteiger partial charge on any atom is 0.332 e. The van der Waals surface area contributed by atoms with Crippen LogP contribution in [0.4, 0.5) is 0 Å². The molecule has 3 N–H and O–H groups in total. The van der Waals surface area contributed by atoms with Crippen molar-refractivity contribution in [3.63, 3.8) is 0 Å². The number of aliphatic hydroxyl groups excluding tert-OH is 2. The van der Waals surface area contributed by atoms with Gasteiger partial charge in [0.15, 0.2) is 0 Å². The molecule has 2 aliphatic carbocycles. The van der Waals surface area contributed by atoms with Crippen molar-refractivity contribution >= 4 is 17.7 Å². The van der Waals surface area contributed by atoms with E-state index in [9.17, 15) is 24.6 Å². The highest BCUT2D eigenvalue weighted by Crippen LogP contribution is 2.59. The Morgan fingerprint density at radius 3 is 2.52 bits per heavy atom. The summed E-state index contributed by atoms with van der Waals surface area (Å²) in [4.78, 5) is 38.6. The normalized spacial score (nSPS) is 40.4. The number of Topliss-reactive ketones (excluding diaryl/α,β-unsaturated/α-hetero) is 1. The number of carbonyl (C=O) groups excluding carboxylic acids is 3. The van der Waals surface area contributed by atoms with E-state index in [0.29, 0.717) is 25.8 Å². The highest BCUT2D eigenvalue weighted by molar-refractivity contribution is 5.93. The highest BCUT2D eigenvalue weighted by atomic mass is 16.6. The minimum Gasteiger partial charge on any atom is -0.460 e. The minimum atomic E-state index is -0.997. The van der Waals surface area contributed by atoms with Crippen molar-refractivity contribution in [1.29, 1.82) is 0 Å². The number of nitrogens with one attached hydrogen (secondary N) is 1. The van der Waals surface area contributed by atoms with Crippen LogP contribution in [0.25, 0.3) is 0 Å². The van der Waals surface area contributed by atoms with Crippen molar-refractivity contribution in [2.24, 2.45) is 28.1 Å². The molecule has 2 aliphatic rings. The van der Waals surface area contributed by atoms with Crippen molar-refractivity contribution in [3.05, 3.63) is 12.7 Å². The molecule has 176 valence electrons. The number of rotatable bonds is 7. The van der Waals surface area contributed by atoms with Crippen LogP contribution in [0.3, 0.4) is 0 Å². The fourth-order valence-electron chi connectivity index (χ4n) is 5.80. The third kappa shape index (κ3) is 4.31. The van der Waals surface area contributed by atoms with E-state index in [-0.39, 0.29) is 30.4 Å². The summed E-state index contributed by atoms with van der Waals surface area (Å²) in [5.41, 5.74) is -2.72. The molecule has 1 unspecified atom stereocenters. The molecule has 0 aliphatic heterocycles. The monoisotopic (exact) mass is 437 g/mol. The van der Waals surface area contributed by atoms with E-state index in [1.807, 2.05) is 34.6 Å². The Balaban J connectivity index is 2.62. The first-order valence-electron chi connectivity index (χ1n) is 11.4. The second kappa shape index (κ2) is 9.41. The molecule has 0 radical (unpaired) electrons. The van der Waals surface area contributed by atoms with Gasteiger partial charge < -0.3 is 20.3 Å². The van der Waals surface area contributed by atoms with E-state index in [0.717, 1.165) is 0 Å². The summed E-state index contributed by atoms with van der Waals surface area (Å²) < 4.78 is 5.65. The van der Waals surface area contributed by atoms with Crippen LogP contribution < -0.4 is 5.32 Å². The molecule has 0 aromatic carbocycles. The first-order chi connectivity index (χ1) is 14.4. The summed E-state index contributed by atoms with van der Waals surface area (Å²) in [5.74, 6) is -1.44. The van der Waals surface area contributed by atoms with Crippen LogP contribution in [-0.2, 0) is 19.1 Å². The van der Waals surface area contributed by atoms with Gasteiger partial charge in [-0.3, -0.25) is 9.59 Å². The number of carbonyl (C=O) groups is 3. The Labute approximate surface area is 185 Å². The molecule has 0 aromatic heterocycles. The number of hydrogen-bond donors (Lipinski definition) is 3. The van der Waals surface area contributed by atoms with Crippen LogP contribution in [0.5, 0.6) is 0 Å². The molecule has 1 amide bonds. The van der Waals surface area contributed by atoms with Crippen molar-refractivity contribution < 1.29 is 29.3 Å². The molecular weight excluding hydrogens is 398 g/mol. The van der Waals surface area contributed by atoms with Crippen molar-refractivity contribution in [2.45, 2.75) is 78.9 Å². The number of aliphatic hydroxyl groups is 2. The molecule has 0 saturated heterocycles. The Bertz CT molecular complexity index is 723. The molecule has 2 saturated carbocycles. The van der Waals surface area contributed by atoms with E-state index in [2.05, 4.69) is 11.9 Å². The third-order valence-corrected chi connectivity index (χ3v) is 8.34. The summed E-state index contributed by atoms with van der Waals surface area (Å²) >= 11 is 0. The van der Waals surface area contributed by atoms with Crippen LogP contribution in [0.15, 0.2) is 12.7 Å². The number of amides is 1. The van der Waals surface area contributed by atoms with E-state index in [1.54, 1.807) is 6.08 Å². The first-order valence-corrected chi connectivity index (χ1v) is 11.4. The lowest BCUT2D eigenvalue weighted by molar-refractivity contribution is -0.193. The van der Waals surface area contributed by atoms with Gasteiger partial charge in [-0.25, -0.2) is 4.79 Å². The third-order valence-electron chi connectivity index (χ3n) is 8.34. The van der Waals surface area contributed by atoms with E-state index in [1.165, 1.54) is 0 Å². The largest absolute Gasteiger partial charge is 0.460 e. The maximum absolute atomic E-state index is 14.2. The average Bonchev–Trinajstić information content (AvgIpc) is 2.75. The van der Waals surface area contributed by atoms with Gasteiger partial charge in [0.1, 0.15) is 18.5 Å². The van der Waals surface area contributed by atoms with Crippen LogP contribution in [-0.4, -0.2) is 53.2 Å². The zero-order valence-corrected chi connectivity index (χ0v) is 19.6. The average molecular weight is 438 g/mol. The fraction of sp³-hybridized carbons (Fsp3) is 0.792. The summed E-state index contributed by atoms with van der Waals surface area (Å²) in [6, 6.07) is 0. The molecule has 2 rings (SSSR count). The summed E-state index contributed by atoms with van der Waals surface area (Å²) in [5, 5.41) is 23.5. The Hall–Kier alpha value is -1.73. The lowest BCUT2D eigenvalue weighted by atomic mass is 9.46. The van der Waals surface area contributed by atoms with E-state index >= 15 is 0 Å². The van der Waals surface area contributed by atoms with Gasteiger partial charge in [-0.15, -0.1) is 6.58 Å². The maximum atomic E-state index is 14.2. The summed E-state index contributed by atoms with van der Waals surface area (Å²) in [6.07, 6.45) is 1.97. The molecule has 31 heavy (non-hydrogen) atoms. The van der Waals surface area contributed by atoms with E-state index < -0.39 is 46.9 Å². The van der Waals surface area contributed by atoms with Gasteiger partial charge in [-0.1, -0.05) is 26.8 Å². The van der Waals surface area contributed by atoms with Gasteiger partial charge in [0.25, 0.3) is 0 Å². The van der Waals surface area contributed by atoms with Crippen LogP contribution in [0, 0.1) is 28.1 Å². The van der Waals surface area contributed by atoms with Gasteiger partial charge in [0.05, 0.1) is 11.5 Å². The van der Waals surface area contributed by atoms with Gasteiger partial charge in [0, 0.05) is 23.8 Å². The number of fused-ring (bicyclic) bond motifs is 2. The summed E-state index contributed by atoms with van der Waals surface area (Å²) in [7, 11) is 0. The van der Waals surface area contributed by atoms with Crippen molar-refractivity contribution in [3.8, 4) is 0 Å². The standard InChI is InChI=1S/C24H39NO6/c1-7-22(5)13-17(31-19(28)14-26)23(6)15(3)9-11-24(21(23)30,16(4)20(22)29)12-10-18(27)25-8-2/h7,15-17,20,26,29H,1,8-14H2,2-6H3,(H,25,27)/t15?,16-,17+,20-,22+,23-,24-/m0/s1. The molecular formula is C24H39NO6. The predicted molar refractivity (Wildman–Crippen MR) is 117 cm³/mol. The molecule has 7 heteroatoms. The molecule has 2 fully saturated rings. The van der Waals surface area contributed by atoms with Gasteiger partial charge in [-0.2, -0.15) is 0 Å². The molecule has 7 nitrogen and oxygen atoms in total. The zero-order chi connectivity index (χ0) is 23.6. The second-order valence-electron chi connectivity index (χ2n) is 9.95. The number of hydrogen-bond acceptors (Lipinski definition) is 6. The second-order valence-corrected chi connectivity index (χ2v) is 9.95. The van der Waals surface area contributed by atoms with Crippen LogP contribution in [0.1, 0.15) is 66.7 Å². The summed E-state index contributed by atoms with van der Waals surface area (Å²) in [6.45, 7) is 13.1. The quantitative estimate of drug-likeness (QED) is 0.416. The molecule has 2 bridgehead atoms. The molecule has 0 aromatic rings. The first kappa shape index (κ1) is 25.5. The van der Waals surface area contributed by atoms with Gasteiger partial charge in [0.2, 0.25) is 5.91 Å². The van der Waals surface area contributed by atoms with Crippen LogP contribution >= 0.6 is 0 Å². The van der Waals surface area contributed by atoms with Gasteiger partial charge in [-0.05, 0) is 51.4 Å². The number of esters is 1. The fourth-order valence-corrected chi connectivity index (χ4v) is 5.80. The zero-order valence-electron chi connectivity index (χ0n) is 19.6. The van der Waals surface area contributed by atoms with Crippen molar-refractivity contribution in [1.82, 2.24) is 5.32 Å². The number of ether oxygens (including phenoxy) is 1. The minimum absolute atomic E-state index is 0.0588. The smallest absolute Gasteiger partial charge is 0.332 e. The van der Waals surface area contributed by atoms with Crippen molar-refractivity contribution in [2.75, 3.05) is 13.2 Å². The SMILES string of the molecule is C=C[C@]1(C)C[C@@H](OC(=O)CO)[C@@]2(C)C(=O)[C@](CCC(=O)NCC)(CCC2C)[C@@H](C)[C@@H]1O. The lowest BCUT2D eigenvalue weighted by Crippen LogP contribution is -2.64. The highest BCUT2D eigenvalue weighted by Gasteiger charge is 2.64. The molecule has 7 atom stereocenters. The lowest BCUT2D eigenvalue weighted by Gasteiger charge is -2.58. The van der Waals surface area contributed by atoms with Crippen LogP contribution in [0.2, 0.25) is 0 Å². The Kier molecular flexibility index (Phi) is 7.75. The Morgan fingerprint density at radius 1 is 1.32 bits per heavy atom. The van der Waals surface area contributed by atoms with E-state index in [4.69, 9.17) is 4.74 Å². The Morgan fingerprint density at radius 2 is 1.97 bits per heavy atom. The topological polar surface area (TPSA) is 113 Å². The number of ketones is 1. The molecule has 0 spiro atoms. The predicted octanol–water partition coefficient (Wildman–Crippen LogP) is 2.39. The molecule has 0 heterocycles.